The number of aliphatic hydroxyl groups excluding tert-OH is 2. The molecule has 3 heterocycles. The van der Waals surface area contributed by atoms with Crippen molar-refractivity contribution in [3.05, 3.63) is 12.0 Å². The fraction of sp³-hybridized carbons (Fsp3) is 0.500. The Morgan fingerprint density at radius 1 is 1.42 bits per heavy atom. The summed E-state index contributed by atoms with van der Waals surface area (Å²) in [6.07, 6.45) is 0.0510. The molecule has 0 aromatic carbocycles. The predicted molar refractivity (Wildman–Crippen MR) is 68.7 cm³/mol. The van der Waals surface area contributed by atoms with Gasteiger partial charge in [0.2, 0.25) is 0 Å². The fourth-order valence-electron chi connectivity index (χ4n) is 2.19. The molecule has 0 spiro atoms. The van der Waals surface area contributed by atoms with Gasteiger partial charge in [0.25, 0.3) is 0 Å². The zero-order valence-electron chi connectivity index (χ0n) is 9.85. The van der Waals surface area contributed by atoms with E-state index in [1.54, 1.807) is 0 Å². The summed E-state index contributed by atoms with van der Waals surface area (Å²) in [7, 11) is 0. The van der Waals surface area contributed by atoms with Crippen LogP contribution in [0.15, 0.2) is 6.33 Å². The smallest absolute Gasteiger partial charge is 0.155 e. The van der Waals surface area contributed by atoms with Crippen molar-refractivity contribution < 1.29 is 14.9 Å². The molecule has 0 bridgehead atoms. The molecule has 3 atom stereocenters. The number of aliphatic hydroxyl groups is 2. The first-order chi connectivity index (χ1) is 8.70. The lowest BCUT2D eigenvalue weighted by molar-refractivity contribution is -0.0123. The molecule has 1 aliphatic heterocycles. The summed E-state index contributed by atoms with van der Waals surface area (Å²) in [5.74, 6) is 0.272. The maximum absolute atomic E-state index is 9.93. The minimum absolute atomic E-state index is 0. The van der Waals surface area contributed by atoms with Gasteiger partial charge in [-0.1, -0.05) is 0 Å². The minimum Gasteiger partial charge on any atom is -0.394 e. The number of H-pyrrole nitrogens is 1. The number of nitrogens with two attached hydrogens (primary N) is 1. The molecule has 1 aliphatic rings. The van der Waals surface area contributed by atoms with Crippen LogP contribution in [0.2, 0.25) is 0 Å². The second-order valence-corrected chi connectivity index (χ2v) is 4.26. The van der Waals surface area contributed by atoms with Crippen LogP contribution in [0.3, 0.4) is 0 Å². The number of halogens is 1. The van der Waals surface area contributed by atoms with Crippen molar-refractivity contribution in [1.29, 1.82) is 0 Å². The highest BCUT2D eigenvalue weighted by Gasteiger charge is 2.37. The van der Waals surface area contributed by atoms with Gasteiger partial charge in [-0.25, -0.2) is 9.97 Å². The molecular formula is C10H14ClN5O3. The maximum Gasteiger partial charge on any atom is 0.155 e. The van der Waals surface area contributed by atoms with Gasteiger partial charge in [0.05, 0.1) is 24.5 Å². The number of aromatic nitrogens is 4. The van der Waals surface area contributed by atoms with Gasteiger partial charge in [-0.05, 0) is 0 Å². The topological polar surface area (TPSA) is 130 Å². The standard InChI is InChI=1S/C10H13N5O3.ClH/c11-10-8-6(12-3-13-10)7(14-15-8)9-5(17)1-4(2-16)18-9;/h3-5,9,16-17H,1-2H2,(H,14,15)(H2,11,12,13);1H. The average Bonchev–Trinajstić information content (AvgIpc) is 2.93. The van der Waals surface area contributed by atoms with E-state index in [9.17, 15) is 5.11 Å². The summed E-state index contributed by atoms with van der Waals surface area (Å²) < 4.78 is 5.54. The molecular weight excluding hydrogens is 274 g/mol. The van der Waals surface area contributed by atoms with Gasteiger partial charge < -0.3 is 20.7 Å². The van der Waals surface area contributed by atoms with Crippen LogP contribution in [0.4, 0.5) is 5.82 Å². The number of ether oxygens (including phenoxy) is 1. The summed E-state index contributed by atoms with van der Waals surface area (Å²) in [6, 6.07) is 0. The molecule has 5 N–H and O–H groups in total. The van der Waals surface area contributed by atoms with Crippen molar-refractivity contribution in [2.75, 3.05) is 12.3 Å². The van der Waals surface area contributed by atoms with Crippen molar-refractivity contribution in [3.63, 3.8) is 0 Å². The van der Waals surface area contributed by atoms with Crippen LogP contribution >= 0.6 is 12.4 Å². The number of nitrogens with one attached hydrogen (secondary N) is 1. The van der Waals surface area contributed by atoms with Gasteiger partial charge in [-0.15, -0.1) is 12.4 Å². The number of hydrogen-bond acceptors (Lipinski definition) is 7. The number of aromatic amines is 1. The van der Waals surface area contributed by atoms with E-state index in [4.69, 9.17) is 15.6 Å². The van der Waals surface area contributed by atoms with E-state index in [2.05, 4.69) is 20.2 Å². The van der Waals surface area contributed by atoms with Crippen LogP contribution in [0.25, 0.3) is 11.0 Å². The third kappa shape index (κ3) is 2.23. The molecule has 0 radical (unpaired) electrons. The van der Waals surface area contributed by atoms with Gasteiger partial charge in [-0.3, -0.25) is 5.10 Å². The first kappa shape index (κ1) is 13.9. The monoisotopic (exact) mass is 287 g/mol. The Bertz CT molecular complexity index is 577. The molecule has 3 rings (SSSR count). The van der Waals surface area contributed by atoms with Crippen LogP contribution in [-0.4, -0.2) is 49.2 Å². The van der Waals surface area contributed by atoms with Crippen LogP contribution in [-0.2, 0) is 4.74 Å². The maximum atomic E-state index is 9.93. The van der Waals surface area contributed by atoms with E-state index >= 15 is 0 Å². The number of nitrogens with zero attached hydrogens (tertiary/aromatic N) is 3. The van der Waals surface area contributed by atoms with Gasteiger partial charge >= 0.3 is 0 Å². The van der Waals surface area contributed by atoms with Crippen LogP contribution < -0.4 is 5.73 Å². The quantitative estimate of drug-likeness (QED) is 0.588. The van der Waals surface area contributed by atoms with Crippen LogP contribution in [0.5, 0.6) is 0 Å². The van der Waals surface area contributed by atoms with E-state index in [0.29, 0.717) is 23.1 Å². The fourth-order valence-corrected chi connectivity index (χ4v) is 2.19. The number of rotatable bonds is 2. The number of anilines is 1. The van der Waals surface area contributed by atoms with E-state index in [0.717, 1.165) is 0 Å². The molecule has 19 heavy (non-hydrogen) atoms. The lowest BCUT2D eigenvalue weighted by atomic mass is 10.1. The molecule has 0 saturated carbocycles. The lowest BCUT2D eigenvalue weighted by Crippen LogP contribution is -2.13. The summed E-state index contributed by atoms with van der Waals surface area (Å²) >= 11 is 0. The van der Waals surface area contributed by atoms with Gasteiger partial charge in [0.1, 0.15) is 17.9 Å². The molecule has 0 aliphatic carbocycles. The van der Waals surface area contributed by atoms with E-state index in [-0.39, 0.29) is 30.9 Å². The lowest BCUT2D eigenvalue weighted by Gasteiger charge is -2.12. The zero-order valence-corrected chi connectivity index (χ0v) is 10.7. The highest BCUT2D eigenvalue weighted by atomic mass is 35.5. The SMILES string of the molecule is Cl.Nc1ncnc2c(C3OC(CO)CC3O)[nH]nc12. The molecule has 1 saturated heterocycles. The second-order valence-electron chi connectivity index (χ2n) is 4.26. The van der Waals surface area contributed by atoms with Crippen molar-refractivity contribution in [2.45, 2.75) is 24.7 Å². The molecule has 104 valence electrons. The normalized spacial score (nSPS) is 26.5. The third-order valence-corrected chi connectivity index (χ3v) is 3.07. The Labute approximate surface area is 114 Å². The molecule has 2 aromatic rings. The van der Waals surface area contributed by atoms with Crippen molar-refractivity contribution in [1.82, 2.24) is 20.2 Å². The third-order valence-electron chi connectivity index (χ3n) is 3.07. The highest BCUT2D eigenvalue weighted by Crippen LogP contribution is 2.35. The van der Waals surface area contributed by atoms with Crippen LogP contribution in [0.1, 0.15) is 18.2 Å². The van der Waals surface area contributed by atoms with Crippen molar-refractivity contribution in [3.8, 4) is 0 Å². The number of nitrogen functional groups attached to an aromatic ring is 1. The average molecular weight is 288 g/mol. The Balaban J connectivity index is 0.00000133. The summed E-state index contributed by atoms with van der Waals surface area (Å²) in [5, 5.41) is 25.8. The summed E-state index contributed by atoms with van der Waals surface area (Å²) in [6.45, 7) is -0.128. The predicted octanol–water partition coefficient (Wildman–Crippen LogP) is -0.460. The Morgan fingerprint density at radius 3 is 2.89 bits per heavy atom. The first-order valence-electron chi connectivity index (χ1n) is 5.59. The van der Waals surface area contributed by atoms with Crippen molar-refractivity contribution in [2.24, 2.45) is 0 Å². The van der Waals surface area contributed by atoms with E-state index < -0.39 is 12.2 Å². The largest absolute Gasteiger partial charge is 0.394 e. The summed E-state index contributed by atoms with van der Waals surface area (Å²) in [5.41, 5.74) is 7.22. The Hall–Kier alpha value is -1.48. The number of fused-ring (bicyclic) bond motifs is 1. The molecule has 8 nitrogen and oxygen atoms in total. The Morgan fingerprint density at radius 2 is 2.21 bits per heavy atom. The Kier molecular flexibility index (Phi) is 3.85. The van der Waals surface area contributed by atoms with Crippen LogP contribution in [0, 0.1) is 0 Å². The van der Waals surface area contributed by atoms with Gasteiger partial charge in [0.15, 0.2) is 11.3 Å². The van der Waals surface area contributed by atoms with Gasteiger partial charge in [0, 0.05) is 6.42 Å². The second kappa shape index (κ2) is 5.25. The molecule has 0 amide bonds. The molecule has 1 fully saturated rings. The first-order valence-corrected chi connectivity index (χ1v) is 5.59. The molecule has 2 aromatic heterocycles. The van der Waals surface area contributed by atoms with E-state index in [1.807, 2.05) is 0 Å². The van der Waals surface area contributed by atoms with Crippen molar-refractivity contribution >= 4 is 29.3 Å². The zero-order chi connectivity index (χ0) is 12.7. The number of hydrogen-bond donors (Lipinski definition) is 4. The molecule has 3 unspecified atom stereocenters. The van der Waals surface area contributed by atoms with Gasteiger partial charge in [-0.2, -0.15) is 5.10 Å². The molecule has 9 heteroatoms. The minimum atomic E-state index is -0.706. The summed E-state index contributed by atoms with van der Waals surface area (Å²) in [4.78, 5) is 7.93. The highest BCUT2D eigenvalue weighted by molar-refractivity contribution is 5.86. The van der Waals surface area contributed by atoms with E-state index in [1.165, 1.54) is 6.33 Å².